The number of aromatic nitrogens is 2. The predicted octanol–water partition coefficient (Wildman–Crippen LogP) is 3.48. The number of aryl methyl sites for hydroxylation is 1. The van der Waals surface area contributed by atoms with Crippen molar-refractivity contribution in [3.05, 3.63) is 34.1 Å². The molecule has 0 atom stereocenters. The zero-order valence-corrected chi connectivity index (χ0v) is 13.8. The summed E-state index contributed by atoms with van der Waals surface area (Å²) in [5.41, 5.74) is 2.71. The van der Waals surface area contributed by atoms with Crippen molar-refractivity contribution in [3.8, 4) is 0 Å². The SMILES string of the molecule is CCN(C(C)=O)c1nc(CNc2cnc(Cl)c(C)c2)cs1. The zero-order chi connectivity index (χ0) is 15.4. The largest absolute Gasteiger partial charge is 0.378 e. The van der Waals surface area contributed by atoms with E-state index < -0.39 is 0 Å². The van der Waals surface area contributed by atoms with E-state index in [1.807, 2.05) is 25.3 Å². The van der Waals surface area contributed by atoms with Crippen LogP contribution in [0.3, 0.4) is 0 Å². The summed E-state index contributed by atoms with van der Waals surface area (Å²) < 4.78 is 0. The monoisotopic (exact) mass is 324 g/mol. The predicted molar refractivity (Wildman–Crippen MR) is 87.1 cm³/mol. The van der Waals surface area contributed by atoms with E-state index >= 15 is 0 Å². The molecular formula is C14H17ClN4OS. The molecule has 2 aromatic rings. The fourth-order valence-corrected chi connectivity index (χ4v) is 2.88. The summed E-state index contributed by atoms with van der Waals surface area (Å²) in [4.78, 5) is 21.7. The number of halogens is 1. The van der Waals surface area contributed by atoms with Gasteiger partial charge in [-0.25, -0.2) is 9.97 Å². The second-order valence-corrected chi connectivity index (χ2v) is 5.76. The topological polar surface area (TPSA) is 58.1 Å². The van der Waals surface area contributed by atoms with Crippen LogP contribution >= 0.6 is 22.9 Å². The van der Waals surface area contributed by atoms with Crippen LogP contribution in [-0.2, 0) is 11.3 Å². The van der Waals surface area contributed by atoms with Crippen molar-refractivity contribution in [1.29, 1.82) is 0 Å². The molecule has 5 nitrogen and oxygen atoms in total. The van der Waals surface area contributed by atoms with Crippen LogP contribution in [0.5, 0.6) is 0 Å². The Bertz CT molecular complexity index is 644. The van der Waals surface area contributed by atoms with E-state index in [2.05, 4.69) is 15.3 Å². The van der Waals surface area contributed by atoms with Gasteiger partial charge in [0.1, 0.15) is 5.15 Å². The molecule has 112 valence electrons. The number of nitrogens with one attached hydrogen (secondary N) is 1. The van der Waals surface area contributed by atoms with Crippen LogP contribution in [-0.4, -0.2) is 22.4 Å². The molecule has 0 spiro atoms. The molecule has 0 radical (unpaired) electrons. The minimum Gasteiger partial charge on any atom is -0.378 e. The quantitative estimate of drug-likeness (QED) is 0.855. The summed E-state index contributed by atoms with van der Waals surface area (Å²) in [6, 6.07) is 1.94. The van der Waals surface area contributed by atoms with Crippen molar-refractivity contribution in [2.45, 2.75) is 27.3 Å². The average Bonchev–Trinajstić information content (AvgIpc) is 2.89. The number of carbonyl (C=O) groups excluding carboxylic acids is 1. The van der Waals surface area contributed by atoms with E-state index in [9.17, 15) is 4.79 Å². The Morgan fingerprint density at radius 3 is 2.90 bits per heavy atom. The smallest absolute Gasteiger partial charge is 0.225 e. The molecule has 7 heteroatoms. The van der Waals surface area contributed by atoms with Crippen LogP contribution in [0.25, 0.3) is 0 Å². The summed E-state index contributed by atoms with van der Waals surface area (Å²) >= 11 is 7.36. The molecule has 0 aromatic carbocycles. The van der Waals surface area contributed by atoms with Crippen molar-refractivity contribution in [1.82, 2.24) is 9.97 Å². The van der Waals surface area contributed by atoms with Gasteiger partial charge in [0.25, 0.3) is 0 Å². The highest BCUT2D eigenvalue weighted by Crippen LogP contribution is 2.22. The third kappa shape index (κ3) is 3.92. The maximum Gasteiger partial charge on any atom is 0.225 e. The lowest BCUT2D eigenvalue weighted by molar-refractivity contribution is -0.116. The Balaban J connectivity index is 2.02. The molecule has 1 N–H and O–H groups in total. The number of hydrogen-bond acceptors (Lipinski definition) is 5. The molecule has 0 aliphatic carbocycles. The lowest BCUT2D eigenvalue weighted by atomic mass is 10.3. The molecule has 21 heavy (non-hydrogen) atoms. The van der Waals surface area contributed by atoms with Gasteiger partial charge in [0.05, 0.1) is 24.1 Å². The van der Waals surface area contributed by atoms with E-state index in [4.69, 9.17) is 11.6 Å². The van der Waals surface area contributed by atoms with Crippen LogP contribution in [0, 0.1) is 6.92 Å². The van der Waals surface area contributed by atoms with Gasteiger partial charge >= 0.3 is 0 Å². The van der Waals surface area contributed by atoms with Crippen molar-refractivity contribution in [2.24, 2.45) is 0 Å². The third-order valence-electron chi connectivity index (χ3n) is 2.95. The van der Waals surface area contributed by atoms with Gasteiger partial charge < -0.3 is 5.32 Å². The van der Waals surface area contributed by atoms with Crippen molar-refractivity contribution >= 4 is 39.7 Å². The standard InChI is InChI=1S/C14H17ClN4OS/c1-4-19(10(3)20)14-18-12(8-21-14)7-16-11-5-9(2)13(15)17-6-11/h5-6,8,16H,4,7H2,1-3H3. The number of amides is 1. The summed E-state index contributed by atoms with van der Waals surface area (Å²) in [6.45, 7) is 6.59. The Morgan fingerprint density at radius 1 is 1.52 bits per heavy atom. The van der Waals surface area contributed by atoms with Gasteiger partial charge in [-0.1, -0.05) is 11.6 Å². The molecule has 0 fully saturated rings. The van der Waals surface area contributed by atoms with Crippen LogP contribution in [0.1, 0.15) is 25.1 Å². The summed E-state index contributed by atoms with van der Waals surface area (Å²) in [7, 11) is 0. The van der Waals surface area contributed by atoms with Crippen LogP contribution in [0.15, 0.2) is 17.6 Å². The Morgan fingerprint density at radius 2 is 2.29 bits per heavy atom. The molecule has 0 aliphatic rings. The maximum absolute atomic E-state index is 11.5. The van der Waals surface area contributed by atoms with Crippen LogP contribution < -0.4 is 10.2 Å². The van der Waals surface area contributed by atoms with E-state index in [1.54, 1.807) is 18.0 Å². The van der Waals surface area contributed by atoms with Crippen molar-refractivity contribution in [3.63, 3.8) is 0 Å². The minimum atomic E-state index is 0.00360. The Hall–Kier alpha value is -1.66. The molecule has 0 bridgehead atoms. The first kappa shape index (κ1) is 15.7. The van der Waals surface area contributed by atoms with Gasteiger partial charge in [-0.2, -0.15) is 0 Å². The number of anilines is 2. The summed E-state index contributed by atoms with van der Waals surface area (Å²) in [5, 5.41) is 6.44. The molecule has 2 heterocycles. The van der Waals surface area contributed by atoms with Gasteiger partial charge in [-0.15, -0.1) is 11.3 Å². The fraction of sp³-hybridized carbons (Fsp3) is 0.357. The second-order valence-electron chi connectivity index (χ2n) is 4.57. The number of rotatable bonds is 5. The van der Waals surface area contributed by atoms with E-state index in [1.165, 1.54) is 11.3 Å². The van der Waals surface area contributed by atoms with Gasteiger partial charge in [-0.05, 0) is 25.5 Å². The number of carbonyl (C=O) groups is 1. The van der Waals surface area contributed by atoms with E-state index in [0.29, 0.717) is 18.2 Å². The van der Waals surface area contributed by atoms with Gasteiger partial charge in [0.2, 0.25) is 5.91 Å². The molecule has 1 amide bonds. The first-order valence-electron chi connectivity index (χ1n) is 6.59. The first-order valence-corrected chi connectivity index (χ1v) is 7.85. The van der Waals surface area contributed by atoms with Gasteiger partial charge in [0.15, 0.2) is 5.13 Å². The van der Waals surface area contributed by atoms with Crippen molar-refractivity contribution < 1.29 is 4.79 Å². The van der Waals surface area contributed by atoms with E-state index in [-0.39, 0.29) is 5.91 Å². The van der Waals surface area contributed by atoms with Crippen molar-refractivity contribution in [2.75, 3.05) is 16.8 Å². The first-order chi connectivity index (χ1) is 10.0. The average molecular weight is 325 g/mol. The van der Waals surface area contributed by atoms with Gasteiger partial charge in [-0.3, -0.25) is 9.69 Å². The Kier molecular flexibility index (Phi) is 5.14. The lowest BCUT2D eigenvalue weighted by Gasteiger charge is -2.14. The second kappa shape index (κ2) is 6.87. The van der Waals surface area contributed by atoms with Gasteiger partial charge in [0, 0.05) is 18.8 Å². The summed E-state index contributed by atoms with van der Waals surface area (Å²) in [5.74, 6) is 0.00360. The molecule has 0 saturated carbocycles. The molecular weight excluding hydrogens is 308 g/mol. The third-order valence-corrected chi connectivity index (χ3v) is 4.26. The number of nitrogens with zero attached hydrogens (tertiary/aromatic N) is 3. The van der Waals surface area contributed by atoms with E-state index in [0.717, 1.165) is 22.1 Å². The molecule has 0 unspecified atom stereocenters. The Labute approximate surface area is 133 Å². The highest BCUT2D eigenvalue weighted by molar-refractivity contribution is 7.14. The number of hydrogen-bond donors (Lipinski definition) is 1. The lowest BCUT2D eigenvalue weighted by Crippen LogP contribution is -2.27. The molecule has 2 rings (SSSR count). The highest BCUT2D eigenvalue weighted by atomic mass is 35.5. The molecule has 2 aromatic heterocycles. The normalized spacial score (nSPS) is 10.5. The maximum atomic E-state index is 11.5. The number of thiazole rings is 1. The minimum absolute atomic E-state index is 0.00360. The molecule has 0 aliphatic heterocycles. The number of pyridine rings is 1. The summed E-state index contributed by atoms with van der Waals surface area (Å²) in [6.07, 6.45) is 1.69. The highest BCUT2D eigenvalue weighted by Gasteiger charge is 2.13. The fourth-order valence-electron chi connectivity index (χ4n) is 1.84. The molecule has 0 saturated heterocycles. The zero-order valence-electron chi connectivity index (χ0n) is 12.2. The van der Waals surface area contributed by atoms with Crippen LogP contribution in [0.4, 0.5) is 10.8 Å². The van der Waals surface area contributed by atoms with Crippen LogP contribution in [0.2, 0.25) is 5.15 Å².